The van der Waals surface area contributed by atoms with Gasteiger partial charge in [-0.25, -0.2) is 0 Å². The van der Waals surface area contributed by atoms with Gasteiger partial charge < -0.3 is 18.8 Å². The van der Waals surface area contributed by atoms with Crippen LogP contribution in [0.1, 0.15) is 34.1 Å². The zero-order chi connectivity index (χ0) is 22.9. The number of methoxy groups -OCH3 is 1. The van der Waals surface area contributed by atoms with Gasteiger partial charge in [-0.1, -0.05) is 28.1 Å². The molecule has 0 radical (unpaired) electrons. The van der Waals surface area contributed by atoms with Crippen molar-refractivity contribution >= 4 is 32.8 Å². The number of carbonyl (C=O) groups is 1. The Hall–Kier alpha value is -2.68. The second kappa shape index (κ2) is 9.29. The third-order valence-electron chi connectivity index (χ3n) is 6.34. The molecule has 0 spiro atoms. The first-order chi connectivity index (χ1) is 16.1. The second-order valence-corrected chi connectivity index (χ2v) is 9.21. The Kier molecular flexibility index (Phi) is 6.23. The number of carbonyl (C=O) groups excluding carboxylic acids is 1. The van der Waals surface area contributed by atoms with E-state index < -0.39 is 6.04 Å². The predicted molar refractivity (Wildman–Crippen MR) is 128 cm³/mol. The molecule has 1 aromatic heterocycles. The van der Waals surface area contributed by atoms with E-state index in [0.29, 0.717) is 23.1 Å². The highest BCUT2D eigenvalue weighted by molar-refractivity contribution is 9.10. The maximum atomic E-state index is 13.6. The van der Waals surface area contributed by atoms with Crippen molar-refractivity contribution in [2.24, 2.45) is 0 Å². The fraction of sp³-hybridized carbons (Fsp3) is 0.360. The maximum absolute atomic E-state index is 13.6. The van der Waals surface area contributed by atoms with Crippen LogP contribution in [0.2, 0.25) is 0 Å². The first kappa shape index (κ1) is 22.1. The number of rotatable bonds is 6. The number of amides is 1. The summed E-state index contributed by atoms with van der Waals surface area (Å²) in [5.41, 5.74) is 1.51. The number of morpholine rings is 1. The molecule has 0 bridgehead atoms. The van der Waals surface area contributed by atoms with Gasteiger partial charge in [-0.3, -0.25) is 14.5 Å². The molecule has 172 valence electrons. The Bertz CT molecular complexity index is 1230. The van der Waals surface area contributed by atoms with Crippen molar-refractivity contribution < 1.29 is 18.7 Å². The van der Waals surface area contributed by atoms with Gasteiger partial charge in [-0.2, -0.15) is 0 Å². The van der Waals surface area contributed by atoms with Gasteiger partial charge in [-0.05, 0) is 42.3 Å². The summed E-state index contributed by atoms with van der Waals surface area (Å²) >= 11 is 3.43. The van der Waals surface area contributed by atoms with Crippen LogP contribution in [0, 0.1) is 0 Å². The summed E-state index contributed by atoms with van der Waals surface area (Å²) in [6.07, 6.45) is 0.797. The van der Waals surface area contributed by atoms with Crippen LogP contribution in [0.4, 0.5) is 0 Å². The van der Waals surface area contributed by atoms with Crippen molar-refractivity contribution in [2.75, 3.05) is 46.5 Å². The van der Waals surface area contributed by atoms with Gasteiger partial charge in [0.25, 0.3) is 5.91 Å². The molecule has 1 unspecified atom stereocenters. The van der Waals surface area contributed by atoms with Gasteiger partial charge in [0.15, 0.2) is 5.43 Å². The summed E-state index contributed by atoms with van der Waals surface area (Å²) in [7, 11) is 1.61. The lowest BCUT2D eigenvalue weighted by atomic mass is 9.98. The molecule has 2 aliphatic rings. The molecule has 3 aromatic rings. The maximum Gasteiger partial charge on any atom is 0.290 e. The van der Waals surface area contributed by atoms with Gasteiger partial charge in [0.1, 0.15) is 11.3 Å². The summed E-state index contributed by atoms with van der Waals surface area (Å²) in [6.45, 7) is 4.67. The van der Waals surface area contributed by atoms with E-state index in [2.05, 4.69) is 20.8 Å². The molecular weight excluding hydrogens is 488 g/mol. The van der Waals surface area contributed by atoms with Crippen LogP contribution in [-0.4, -0.2) is 62.2 Å². The average molecular weight is 513 g/mol. The van der Waals surface area contributed by atoms with Crippen molar-refractivity contribution in [1.82, 2.24) is 9.80 Å². The second-order valence-electron chi connectivity index (χ2n) is 8.30. The Morgan fingerprint density at radius 1 is 1.06 bits per heavy atom. The topological polar surface area (TPSA) is 72.2 Å². The number of benzene rings is 2. The van der Waals surface area contributed by atoms with Crippen LogP contribution in [0.5, 0.6) is 5.75 Å². The zero-order valence-electron chi connectivity index (χ0n) is 18.4. The van der Waals surface area contributed by atoms with Crippen molar-refractivity contribution in [1.29, 1.82) is 0 Å². The van der Waals surface area contributed by atoms with Crippen LogP contribution in [0.3, 0.4) is 0 Å². The highest BCUT2D eigenvalue weighted by Gasteiger charge is 2.42. The summed E-state index contributed by atoms with van der Waals surface area (Å²) in [5, 5.41) is 0.463. The Balaban J connectivity index is 1.53. The minimum atomic E-state index is -0.497. The van der Waals surface area contributed by atoms with E-state index in [1.165, 1.54) is 0 Å². The normalized spacial score (nSPS) is 18.7. The molecule has 3 heterocycles. The van der Waals surface area contributed by atoms with Gasteiger partial charge in [0.2, 0.25) is 5.76 Å². The van der Waals surface area contributed by atoms with Crippen molar-refractivity contribution in [3.8, 4) is 5.75 Å². The van der Waals surface area contributed by atoms with E-state index in [-0.39, 0.29) is 17.1 Å². The number of halogens is 1. The third kappa shape index (κ3) is 4.18. The number of nitrogens with zero attached hydrogens (tertiary/aromatic N) is 2. The van der Waals surface area contributed by atoms with Crippen molar-refractivity contribution in [3.63, 3.8) is 0 Å². The zero-order valence-corrected chi connectivity index (χ0v) is 20.0. The molecular formula is C25H25BrN2O5. The monoisotopic (exact) mass is 512 g/mol. The van der Waals surface area contributed by atoms with Crippen LogP contribution >= 0.6 is 15.9 Å². The van der Waals surface area contributed by atoms with Crippen LogP contribution < -0.4 is 10.2 Å². The van der Waals surface area contributed by atoms with Gasteiger partial charge in [-0.15, -0.1) is 0 Å². The molecule has 1 fully saturated rings. The molecule has 2 aromatic carbocycles. The summed E-state index contributed by atoms with van der Waals surface area (Å²) < 4.78 is 17.5. The molecule has 0 aliphatic carbocycles. The number of hydrogen-bond donors (Lipinski definition) is 0. The first-order valence-corrected chi connectivity index (χ1v) is 11.9. The van der Waals surface area contributed by atoms with Crippen molar-refractivity contribution in [3.05, 3.63) is 74.0 Å². The van der Waals surface area contributed by atoms with Crippen LogP contribution in [-0.2, 0) is 4.74 Å². The minimum Gasteiger partial charge on any atom is -0.497 e. The Morgan fingerprint density at radius 2 is 1.82 bits per heavy atom. The number of fused-ring (bicyclic) bond motifs is 2. The molecule has 5 rings (SSSR count). The molecule has 1 saturated heterocycles. The number of ether oxygens (including phenoxy) is 2. The lowest BCUT2D eigenvalue weighted by Crippen LogP contribution is -2.38. The molecule has 0 N–H and O–H groups in total. The highest BCUT2D eigenvalue weighted by atomic mass is 79.9. The largest absolute Gasteiger partial charge is 0.497 e. The quantitative estimate of drug-likeness (QED) is 0.499. The van der Waals surface area contributed by atoms with E-state index >= 15 is 0 Å². The van der Waals surface area contributed by atoms with E-state index in [1.54, 1.807) is 30.2 Å². The minimum absolute atomic E-state index is 0.141. The standard InChI is InChI=1S/C25H25BrN2O5/c1-31-18-6-3-16(4-7-18)22-21-23(29)19-15-17(26)5-8-20(19)33-24(21)25(30)28(22)10-2-9-27-11-13-32-14-12-27/h3-8,15,22H,2,9-14H2,1H3. The Morgan fingerprint density at radius 3 is 2.55 bits per heavy atom. The fourth-order valence-corrected chi connectivity index (χ4v) is 5.01. The SMILES string of the molecule is COc1ccc(C2c3c(oc4ccc(Br)cc4c3=O)C(=O)N2CCCN2CCOCC2)cc1. The number of hydrogen-bond acceptors (Lipinski definition) is 6. The van der Waals surface area contributed by atoms with Gasteiger partial charge in [0, 0.05) is 30.7 Å². The third-order valence-corrected chi connectivity index (χ3v) is 6.83. The van der Waals surface area contributed by atoms with Crippen LogP contribution in [0.25, 0.3) is 11.0 Å². The van der Waals surface area contributed by atoms with Gasteiger partial charge >= 0.3 is 0 Å². The van der Waals surface area contributed by atoms with Gasteiger partial charge in [0.05, 0.1) is 37.3 Å². The molecule has 7 nitrogen and oxygen atoms in total. The van der Waals surface area contributed by atoms with E-state index in [9.17, 15) is 9.59 Å². The molecule has 1 atom stereocenters. The van der Waals surface area contributed by atoms with E-state index in [1.807, 2.05) is 24.3 Å². The fourth-order valence-electron chi connectivity index (χ4n) is 4.65. The highest BCUT2D eigenvalue weighted by Crippen LogP contribution is 2.39. The Labute approximate surface area is 200 Å². The lowest BCUT2D eigenvalue weighted by molar-refractivity contribution is 0.0353. The predicted octanol–water partition coefficient (Wildman–Crippen LogP) is 3.83. The van der Waals surface area contributed by atoms with Crippen molar-refractivity contribution in [2.45, 2.75) is 12.5 Å². The van der Waals surface area contributed by atoms with Crippen LogP contribution in [0.15, 0.2) is 56.1 Å². The average Bonchev–Trinajstić information content (AvgIpc) is 3.12. The van der Waals surface area contributed by atoms with E-state index in [0.717, 1.165) is 55.1 Å². The molecule has 0 saturated carbocycles. The summed E-state index contributed by atoms with van der Waals surface area (Å²) in [5.74, 6) is 0.619. The first-order valence-electron chi connectivity index (χ1n) is 11.1. The smallest absolute Gasteiger partial charge is 0.290 e. The van der Waals surface area contributed by atoms with E-state index in [4.69, 9.17) is 13.9 Å². The molecule has 8 heteroatoms. The molecule has 33 heavy (non-hydrogen) atoms. The summed E-state index contributed by atoms with van der Waals surface area (Å²) in [6, 6.07) is 12.3. The summed E-state index contributed by atoms with van der Waals surface area (Å²) in [4.78, 5) is 31.2. The molecule has 1 amide bonds. The lowest BCUT2D eigenvalue weighted by Gasteiger charge is -2.29. The molecule has 2 aliphatic heterocycles.